The number of nitrogens with one attached hydrogen (secondary N) is 1. The van der Waals surface area contributed by atoms with E-state index in [1.54, 1.807) is 18.2 Å². The maximum Gasteiger partial charge on any atom is 0.276 e. The average Bonchev–Trinajstić information content (AvgIpc) is 2.73. The number of carbonyl (C=O) groups is 2. The molecule has 0 aliphatic carbocycles. The number of amidine groups is 1. The number of ketones is 1. The van der Waals surface area contributed by atoms with Crippen LogP contribution in [0, 0.1) is 0 Å². The van der Waals surface area contributed by atoms with E-state index in [0.717, 1.165) is 23.1 Å². The fraction of sp³-hybridized carbons (Fsp3) is 0.238. The summed E-state index contributed by atoms with van der Waals surface area (Å²) >= 11 is 4.93. The van der Waals surface area contributed by atoms with Crippen LogP contribution >= 0.6 is 27.7 Å². The smallest absolute Gasteiger partial charge is 0.276 e. The monoisotopic (exact) mass is 470 g/mol. The molecule has 0 spiro atoms. The van der Waals surface area contributed by atoms with E-state index in [9.17, 15) is 9.59 Å². The lowest BCUT2D eigenvalue weighted by Gasteiger charge is -2.33. The molecule has 1 atom stereocenters. The maximum atomic E-state index is 13.2. The molecular weight excluding hydrogens is 452 g/mol. The quantitative estimate of drug-likeness (QED) is 0.538. The topological polar surface area (TPSA) is 74.1 Å². The SMILES string of the molecule is CCCCSC1=NN2C(=c3cc(Br)ccc3=NC2C(=O)c2ccccc2)C(=O)N1. The molecule has 0 saturated heterocycles. The van der Waals surface area contributed by atoms with Crippen LogP contribution in [0.1, 0.15) is 30.1 Å². The maximum absolute atomic E-state index is 13.2. The number of benzene rings is 2. The van der Waals surface area contributed by atoms with Gasteiger partial charge in [0, 0.05) is 21.0 Å². The van der Waals surface area contributed by atoms with Crippen LogP contribution in [0.3, 0.4) is 0 Å². The molecule has 2 aliphatic rings. The summed E-state index contributed by atoms with van der Waals surface area (Å²) < 4.78 is 0.826. The zero-order chi connectivity index (χ0) is 20.4. The van der Waals surface area contributed by atoms with Crippen molar-refractivity contribution in [1.29, 1.82) is 0 Å². The van der Waals surface area contributed by atoms with Gasteiger partial charge in [0.1, 0.15) is 5.70 Å². The summed E-state index contributed by atoms with van der Waals surface area (Å²) in [4.78, 5) is 30.9. The summed E-state index contributed by atoms with van der Waals surface area (Å²) in [5, 5.41) is 10.7. The second-order valence-corrected chi connectivity index (χ2v) is 8.65. The number of rotatable bonds is 5. The van der Waals surface area contributed by atoms with E-state index in [1.165, 1.54) is 16.8 Å². The minimum atomic E-state index is -0.922. The van der Waals surface area contributed by atoms with Gasteiger partial charge >= 0.3 is 0 Å². The van der Waals surface area contributed by atoms with Gasteiger partial charge in [-0.2, -0.15) is 0 Å². The largest absolute Gasteiger partial charge is 0.298 e. The van der Waals surface area contributed by atoms with Gasteiger partial charge in [-0.1, -0.05) is 71.4 Å². The van der Waals surface area contributed by atoms with Crippen molar-refractivity contribution >= 4 is 50.2 Å². The minimum Gasteiger partial charge on any atom is -0.298 e. The summed E-state index contributed by atoms with van der Waals surface area (Å²) in [6.07, 6.45) is 1.15. The Morgan fingerprint density at radius 2 is 2.03 bits per heavy atom. The first-order valence-electron chi connectivity index (χ1n) is 9.37. The third-order valence-electron chi connectivity index (χ3n) is 4.60. The van der Waals surface area contributed by atoms with Crippen LogP contribution in [-0.4, -0.2) is 33.8 Å². The zero-order valence-corrected chi connectivity index (χ0v) is 18.2. The molecule has 4 rings (SSSR count). The van der Waals surface area contributed by atoms with E-state index in [0.29, 0.717) is 27.0 Å². The number of hydrazone groups is 1. The molecule has 2 heterocycles. The van der Waals surface area contributed by atoms with Crippen LogP contribution in [0.25, 0.3) is 5.70 Å². The van der Waals surface area contributed by atoms with E-state index in [-0.39, 0.29) is 11.7 Å². The summed E-state index contributed by atoms with van der Waals surface area (Å²) in [5.74, 6) is 0.363. The Kier molecular flexibility index (Phi) is 5.82. The van der Waals surface area contributed by atoms with E-state index in [4.69, 9.17) is 0 Å². The number of carbonyl (C=O) groups excluding carboxylic acids is 2. The molecule has 1 amide bonds. The molecule has 0 bridgehead atoms. The van der Waals surface area contributed by atoms with Crippen LogP contribution in [0.15, 0.2) is 63.1 Å². The third-order valence-corrected chi connectivity index (χ3v) is 6.04. The fourth-order valence-electron chi connectivity index (χ4n) is 3.15. The lowest BCUT2D eigenvalue weighted by molar-refractivity contribution is -0.115. The molecule has 6 nitrogen and oxygen atoms in total. The second kappa shape index (κ2) is 8.51. The molecule has 2 aliphatic heterocycles. The highest BCUT2D eigenvalue weighted by atomic mass is 79.9. The van der Waals surface area contributed by atoms with Gasteiger partial charge in [0.15, 0.2) is 5.17 Å². The van der Waals surface area contributed by atoms with Crippen molar-refractivity contribution in [3.05, 3.63) is 69.1 Å². The van der Waals surface area contributed by atoms with Crippen molar-refractivity contribution in [1.82, 2.24) is 10.3 Å². The Morgan fingerprint density at radius 1 is 1.24 bits per heavy atom. The lowest BCUT2D eigenvalue weighted by Crippen LogP contribution is -2.54. The molecule has 148 valence electrons. The molecule has 1 N–H and O–H groups in total. The standard InChI is InChI=1S/C21H19BrN4O2S/c1-2-3-11-29-21-24-20(28)17-15-12-14(22)9-10-16(15)23-19(26(17)25-21)18(27)13-7-5-4-6-8-13/h4-10,12,19H,2-3,11H2,1H3,(H,24,25,28). The van der Waals surface area contributed by atoms with Gasteiger partial charge in [0.2, 0.25) is 11.9 Å². The number of Topliss-reactive ketones (excluding diaryl/α,β-unsaturated/α-hetero) is 1. The van der Waals surface area contributed by atoms with Crippen molar-refractivity contribution in [3.8, 4) is 0 Å². The van der Waals surface area contributed by atoms with Gasteiger partial charge in [0.05, 0.1) is 5.36 Å². The number of amides is 1. The third kappa shape index (κ3) is 4.00. The number of nitrogens with zero attached hydrogens (tertiary/aromatic N) is 3. The Morgan fingerprint density at radius 3 is 2.79 bits per heavy atom. The number of halogens is 1. The Balaban J connectivity index is 1.83. The number of thioether (sulfide) groups is 1. The highest BCUT2D eigenvalue weighted by Gasteiger charge is 2.37. The highest BCUT2D eigenvalue weighted by Crippen LogP contribution is 2.23. The minimum absolute atomic E-state index is 0.201. The van der Waals surface area contributed by atoms with Crippen molar-refractivity contribution < 1.29 is 9.59 Å². The molecule has 0 fully saturated rings. The number of unbranched alkanes of at least 4 members (excludes halogenated alkanes) is 1. The van der Waals surface area contributed by atoms with Crippen molar-refractivity contribution in [3.63, 3.8) is 0 Å². The summed E-state index contributed by atoms with van der Waals surface area (Å²) in [7, 11) is 0. The summed E-state index contributed by atoms with van der Waals surface area (Å²) in [6.45, 7) is 2.11. The first-order valence-corrected chi connectivity index (χ1v) is 11.2. The zero-order valence-electron chi connectivity index (χ0n) is 15.8. The Hall–Kier alpha value is -2.45. The molecular formula is C21H19BrN4O2S. The van der Waals surface area contributed by atoms with Gasteiger partial charge < -0.3 is 0 Å². The van der Waals surface area contributed by atoms with E-state index in [2.05, 4.69) is 38.3 Å². The molecule has 8 heteroatoms. The van der Waals surface area contributed by atoms with Gasteiger partial charge in [-0.25, -0.2) is 10.0 Å². The molecule has 0 saturated carbocycles. The van der Waals surface area contributed by atoms with E-state index in [1.807, 2.05) is 30.3 Å². The molecule has 29 heavy (non-hydrogen) atoms. The average molecular weight is 471 g/mol. The second-order valence-electron chi connectivity index (χ2n) is 6.65. The first-order chi connectivity index (χ1) is 14.1. The molecule has 1 unspecified atom stereocenters. The van der Waals surface area contributed by atoms with Crippen molar-refractivity contribution in [2.24, 2.45) is 10.1 Å². The van der Waals surface area contributed by atoms with E-state index >= 15 is 0 Å². The van der Waals surface area contributed by atoms with Crippen molar-refractivity contribution in [2.45, 2.75) is 25.9 Å². The van der Waals surface area contributed by atoms with Crippen LogP contribution < -0.4 is 15.9 Å². The predicted octanol–water partition coefficient (Wildman–Crippen LogP) is 2.64. The van der Waals surface area contributed by atoms with Crippen LogP contribution in [0.2, 0.25) is 0 Å². The molecule has 2 aromatic rings. The van der Waals surface area contributed by atoms with Crippen LogP contribution in [0.4, 0.5) is 0 Å². The number of hydrogen-bond donors (Lipinski definition) is 1. The van der Waals surface area contributed by atoms with Gasteiger partial charge in [0.25, 0.3) is 5.91 Å². The lowest BCUT2D eigenvalue weighted by atomic mass is 10.1. The summed E-state index contributed by atoms with van der Waals surface area (Å²) in [6, 6.07) is 14.4. The normalized spacial score (nSPS) is 17.7. The molecule has 0 aromatic heterocycles. The van der Waals surface area contributed by atoms with Gasteiger partial charge in [-0.3, -0.25) is 14.9 Å². The molecule has 0 radical (unpaired) electrons. The molecule has 2 aromatic carbocycles. The van der Waals surface area contributed by atoms with E-state index < -0.39 is 6.17 Å². The van der Waals surface area contributed by atoms with Crippen LogP contribution in [-0.2, 0) is 4.79 Å². The highest BCUT2D eigenvalue weighted by molar-refractivity contribution is 9.10. The summed E-state index contributed by atoms with van der Waals surface area (Å²) in [5.41, 5.74) is 0.868. The predicted molar refractivity (Wildman–Crippen MR) is 118 cm³/mol. The number of fused-ring (bicyclic) bond motifs is 2. The fourth-order valence-corrected chi connectivity index (χ4v) is 4.45. The number of hydrogen-bond acceptors (Lipinski definition) is 6. The Labute approximate surface area is 180 Å². The van der Waals surface area contributed by atoms with Crippen molar-refractivity contribution in [2.75, 3.05) is 5.75 Å². The Bertz CT molecular complexity index is 1120. The van der Waals surface area contributed by atoms with Crippen LogP contribution in [0.5, 0.6) is 0 Å². The first kappa shape index (κ1) is 19.8. The van der Waals surface area contributed by atoms with Gasteiger partial charge in [-0.15, -0.1) is 5.10 Å². The van der Waals surface area contributed by atoms with Gasteiger partial charge in [-0.05, 0) is 24.6 Å².